The molecule has 0 amide bonds. The summed E-state index contributed by atoms with van der Waals surface area (Å²) in [5.41, 5.74) is 5.61. The van der Waals surface area contributed by atoms with Gasteiger partial charge < -0.3 is 4.74 Å². The number of fused-ring (bicyclic) bond motifs is 1. The van der Waals surface area contributed by atoms with E-state index in [1.54, 1.807) is 7.11 Å². The molecule has 0 saturated carbocycles. The topological polar surface area (TPSA) is 47.3 Å². The maximum atomic E-state index is 5.80. The molecule has 1 heterocycles. The molecule has 3 rings (SSSR count). The van der Waals surface area contributed by atoms with Crippen LogP contribution in [0.25, 0.3) is 0 Å². The van der Waals surface area contributed by atoms with Gasteiger partial charge in [-0.15, -0.1) is 11.3 Å². The van der Waals surface area contributed by atoms with Crippen LogP contribution in [0.1, 0.15) is 39.8 Å². The number of rotatable bonds is 4. The molecule has 4 heteroatoms. The van der Waals surface area contributed by atoms with Crippen LogP contribution in [-0.2, 0) is 12.8 Å². The van der Waals surface area contributed by atoms with E-state index in [0.29, 0.717) is 0 Å². The number of nitrogens with one attached hydrogen (secondary N) is 1. The van der Waals surface area contributed by atoms with Crippen LogP contribution in [0.3, 0.4) is 0 Å². The fourth-order valence-electron chi connectivity index (χ4n) is 2.82. The third-order valence-electron chi connectivity index (χ3n) is 3.89. The molecule has 1 unspecified atom stereocenters. The minimum Gasteiger partial charge on any atom is -0.497 e. The Morgan fingerprint density at radius 1 is 1.25 bits per heavy atom. The number of hydrogen-bond donors (Lipinski definition) is 2. The van der Waals surface area contributed by atoms with E-state index in [1.807, 2.05) is 29.5 Å². The number of methoxy groups -OCH3 is 1. The largest absolute Gasteiger partial charge is 0.497 e. The van der Waals surface area contributed by atoms with Gasteiger partial charge in [-0.25, -0.2) is 5.43 Å². The average molecular weight is 288 g/mol. The Morgan fingerprint density at radius 2 is 2.10 bits per heavy atom. The maximum absolute atomic E-state index is 5.80. The molecule has 106 valence electrons. The number of ether oxygens (including phenoxy) is 1. The fourth-order valence-corrected chi connectivity index (χ4v) is 4.17. The highest BCUT2D eigenvalue weighted by Gasteiger charge is 2.20. The highest BCUT2D eigenvalue weighted by Crippen LogP contribution is 2.35. The summed E-state index contributed by atoms with van der Waals surface area (Å²) in [6.45, 7) is 0. The molecule has 0 radical (unpaired) electrons. The van der Waals surface area contributed by atoms with Gasteiger partial charge in [0.1, 0.15) is 5.75 Å². The molecule has 1 aromatic carbocycles. The number of benzene rings is 1. The molecule has 1 atom stereocenters. The zero-order valence-corrected chi connectivity index (χ0v) is 12.5. The van der Waals surface area contributed by atoms with Gasteiger partial charge in [0.05, 0.1) is 13.2 Å². The standard InChI is InChI=1S/C16H20N2OS/c1-19-13-7-4-6-12(9-13)16(18-17)15-10-11-5-2-3-8-14(11)20-15/h4,6-7,9-10,16,18H,2-3,5,8,17H2,1H3. The second-order valence-electron chi connectivity index (χ2n) is 5.18. The first-order chi connectivity index (χ1) is 9.81. The van der Waals surface area contributed by atoms with Crippen LogP contribution in [-0.4, -0.2) is 7.11 Å². The van der Waals surface area contributed by atoms with Gasteiger partial charge in [0.25, 0.3) is 0 Å². The lowest BCUT2D eigenvalue weighted by molar-refractivity contribution is 0.413. The van der Waals surface area contributed by atoms with Crippen LogP contribution in [0.4, 0.5) is 0 Å². The number of aryl methyl sites for hydroxylation is 2. The van der Waals surface area contributed by atoms with Crippen molar-refractivity contribution in [2.45, 2.75) is 31.7 Å². The van der Waals surface area contributed by atoms with Crippen molar-refractivity contribution in [3.05, 3.63) is 51.2 Å². The normalized spacial score (nSPS) is 15.7. The van der Waals surface area contributed by atoms with Crippen molar-refractivity contribution in [2.24, 2.45) is 5.84 Å². The van der Waals surface area contributed by atoms with Crippen LogP contribution < -0.4 is 16.0 Å². The molecule has 0 fully saturated rings. The van der Waals surface area contributed by atoms with Crippen LogP contribution >= 0.6 is 11.3 Å². The Morgan fingerprint density at radius 3 is 2.85 bits per heavy atom. The molecule has 1 aromatic heterocycles. The van der Waals surface area contributed by atoms with Crippen molar-refractivity contribution in [3.63, 3.8) is 0 Å². The van der Waals surface area contributed by atoms with Crippen molar-refractivity contribution in [2.75, 3.05) is 7.11 Å². The van der Waals surface area contributed by atoms with E-state index in [0.717, 1.165) is 11.3 Å². The highest BCUT2D eigenvalue weighted by molar-refractivity contribution is 7.12. The Hall–Kier alpha value is -1.36. The first-order valence-corrected chi connectivity index (χ1v) is 7.85. The number of hydrazine groups is 1. The van der Waals surface area contributed by atoms with E-state index in [4.69, 9.17) is 10.6 Å². The van der Waals surface area contributed by atoms with E-state index in [-0.39, 0.29) is 6.04 Å². The molecule has 2 aromatic rings. The third-order valence-corrected chi connectivity index (χ3v) is 5.20. The second kappa shape index (κ2) is 5.95. The van der Waals surface area contributed by atoms with E-state index in [2.05, 4.69) is 17.6 Å². The van der Waals surface area contributed by atoms with E-state index >= 15 is 0 Å². The first-order valence-electron chi connectivity index (χ1n) is 7.03. The van der Waals surface area contributed by atoms with Crippen LogP contribution in [0.5, 0.6) is 5.75 Å². The Labute approximate surface area is 123 Å². The molecule has 3 N–H and O–H groups in total. The monoisotopic (exact) mass is 288 g/mol. The summed E-state index contributed by atoms with van der Waals surface area (Å²) < 4.78 is 5.30. The summed E-state index contributed by atoms with van der Waals surface area (Å²) in [7, 11) is 1.69. The van der Waals surface area contributed by atoms with Crippen molar-refractivity contribution in [1.29, 1.82) is 0 Å². The molecule has 20 heavy (non-hydrogen) atoms. The van der Waals surface area contributed by atoms with Gasteiger partial charge in [0.2, 0.25) is 0 Å². The predicted octanol–water partition coefficient (Wildman–Crippen LogP) is 3.19. The van der Waals surface area contributed by atoms with Crippen molar-refractivity contribution >= 4 is 11.3 Å². The highest BCUT2D eigenvalue weighted by atomic mass is 32.1. The van der Waals surface area contributed by atoms with E-state index in [1.165, 1.54) is 41.0 Å². The van der Waals surface area contributed by atoms with Crippen molar-refractivity contribution < 1.29 is 4.74 Å². The lowest BCUT2D eigenvalue weighted by Crippen LogP contribution is -2.28. The zero-order valence-electron chi connectivity index (χ0n) is 11.7. The van der Waals surface area contributed by atoms with E-state index in [9.17, 15) is 0 Å². The van der Waals surface area contributed by atoms with Crippen molar-refractivity contribution in [1.82, 2.24) is 5.43 Å². The molecular weight excluding hydrogens is 268 g/mol. The van der Waals surface area contributed by atoms with Crippen LogP contribution in [0, 0.1) is 0 Å². The molecule has 0 bridgehead atoms. The first kappa shape index (κ1) is 13.6. The Balaban J connectivity index is 1.94. The van der Waals surface area contributed by atoms with Gasteiger partial charge in [-0.05, 0) is 55.0 Å². The molecule has 0 saturated heterocycles. The minimum atomic E-state index is 0.0423. The summed E-state index contributed by atoms with van der Waals surface area (Å²) >= 11 is 1.89. The molecular formula is C16H20N2OS. The summed E-state index contributed by atoms with van der Waals surface area (Å²) in [5.74, 6) is 6.67. The van der Waals surface area contributed by atoms with Gasteiger partial charge in [0, 0.05) is 9.75 Å². The summed E-state index contributed by atoms with van der Waals surface area (Å²) in [5, 5.41) is 0. The predicted molar refractivity (Wildman–Crippen MR) is 83.1 cm³/mol. The fraction of sp³-hybridized carbons (Fsp3) is 0.375. The molecule has 0 spiro atoms. The van der Waals surface area contributed by atoms with Gasteiger partial charge in [-0.3, -0.25) is 5.84 Å². The Bertz CT molecular complexity index is 570. The lowest BCUT2D eigenvalue weighted by atomic mass is 9.98. The number of nitrogens with two attached hydrogens (primary N) is 1. The van der Waals surface area contributed by atoms with Gasteiger partial charge in [-0.1, -0.05) is 12.1 Å². The summed E-state index contributed by atoms with van der Waals surface area (Å²) in [6, 6.07) is 10.5. The van der Waals surface area contributed by atoms with Crippen LogP contribution in [0.15, 0.2) is 30.3 Å². The molecule has 1 aliphatic rings. The average Bonchev–Trinajstić information content (AvgIpc) is 2.91. The third kappa shape index (κ3) is 2.59. The maximum Gasteiger partial charge on any atom is 0.119 e. The zero-order chi connectivity index (χ0) is 13.9. The number of thiophene rings is 1. The van der Waals surface area contributed by atoms with Gasteiger partial charge >= 0.3 is 0 Å². The van der Waals surface area contributed by atoms with Gasteiger partial charge in [-0.2, -0.15) is 0 Å². The Kier molecular flexibility index (Phi) is 4.05. The summed E-state index contributed by atoms with van der Waals surface area (Å²) in [4.78, 5) is 2.84. The second-order valence-corrected chi connectivity index (χ2v) is 6.35. The van der Waals surface area contributed by atoms with Gasteiger partial charge in [0.15, 0.2) is 0 Å². The SMILES string of the molecule is COc1cccc(C(NN)c2cc3c(s2)CCCC3)c1. The van der Waals surface area contributed by atoms with Crippen LogP contribution in [0.2, 0.25) is 0 Å². The number of hydrogen-bond acceptors (Lipinski definition) is 4. The quantitative estimate of drug-likeness (QED) is 0.671. The molecule has 3 nitrogen and oxygen atoms in total. The lowest BCUT2D eigenvalue weighted by Gasteiger charge is -2.15. The minimum absolute atomic E-state index is 0.0423. The van der Waals surface area contributed by atoms with E-state index < -0.39 is 0 Å². The van der Waals surface area contributed by atoms with Crippen molar-refractivity contribution in [3.8, 4) is 5.75 Å². The molecule has 0 aliphatic heterocycles. The smallest absolute Gasteiger partial charge is 0.119 e. The summed E-state index contributed by atoms with van der Waals surface area (Å²) in [6.07, 6.45) is 5.05. The molecule has 1 aliphatic carbocycles.